The largest absolute Gasteiger partial charge is 0.334 e. The number of thiophene rings is 1. The van der Waals surface area contributed by atoms with E-state index in [1.165, 1.54) is 17.1 Å². The molecule has 4 heteroatoms. The Balaban J connectivity index is 1.98. The molecule has 84 valence electrons. The molecule has 0 spiro atoms. The molecule has 1 aliphatic rings. The average molecular weight is 253 g/mol. The first kappa shape index (κ1) is 10.4. The van der Waals surface area contributed by atoms with Crippen molar-refractivity contribution in [2.45, 2.75) is 26.3 Å². The van der Waals surface area contributed by atoms with Crippen LogP contribution >= 0.6 is 22.9 Å². The van der Waals surface area contributed by atoms with Crippen LogP contribution in [-0.4, -0.2) is 9.55 Å². The molecule has 2 nitrogen and oxygen atoms in total. The Kier molecular flexibility index (Phi) is 2.52. The normalized spacial score (nSPS) is 19.8. The molecular formula is C12H13ClN2S. The summed E-state index contributed by atoms with van der Waals surface area (Å²) in [6.07, 6.45) is 4.51. The molecule has 3 rings (SSSR count). The van der Waals surface area contributed by atoms with Crippen LogP contribution in [0.5, 0.6) is 0 Å². The van der Waals surface area contributed by atoms with Gasteiger partial charge in [0.2, 0.25) is 0 Å². The van der Waals surface area contributed by atoms with Gasteiger partial charge in [0.1, 0.15) is 5.82 Å². The molecule has 0 N–H and O–H groups in total. The molecule has 0 aromatic carbocycles. The van der Waals surface area contributed by atoms with Crippen molar-refractivity contribution in [1.29, 1.82) is 0 Å². The molecule has 0 saturated carbocycles. The predicted octanol–water partition coefficient (Wildman–Crippen LogP) is 3.85. The van der Waals surface area contributed by atoms with Crippen molar-refractivity contribution in [3.05, 3.63) is 28.5 Å². The van der Waals surface area contributed by atoms with Crippen LogP contribution in [0.25, 0.3) is 10.6 Å². The van der Waals surface area contributed by atoms with E-state index in [0.717, 1.165) is 28.9 Å². The van der Waals surface area contributed by atoms with E-state index in [9.17, 15) is 0 Å². The third kappa shape index (κ3) is 1.78. The van der Waals surface area contributed by atoms with E-state index < -0.39 is 0 Å². The van der Waals surface area contributed by atoms with Crippen LogP contribution in [0.1, 0.15) is 19.2 Å². The van der Waals surface area contributed by atoms with E-state index >= 15 is 0 Å². The highest BCUT2D eigenvalue weighted by atomic mass is 35.5. The molecule has 0 bridgehead atoms. The van der Waals surface area contributed by atoms with Gasteiger partial charge in [0, 0.05) is 19.2 Å². The summed E-state index contributed by atoms with van der Waals surface area (Å²) in [6, 6.07) is 3.98. The van der Waals surface area contributed by atoms with Crippen molar-refractivity contribution in [1.82, 2.24) is 9.55 Å². The molecule has 0 unspecified atom stereocenters. The van der Waals surface area contributed by atoms with E-state index in [1.807, 2.05) is 12.1 Å². The lowest BCUT2D eigenvalue weighted by Gasteiger charge is -2.18. The Hall–Kier alpha value is -0.800. The number of halogens is 1. The van der Waals surface area contributed by atoms with Gasteiger partial charge in [-0.2, -0.15) is 0 Å². The second kappa shape index (κ2) is 3.90. The van der Waals surface area contributed by atoms with E-state index in [2.05, 4.69) is 17.7 Å². The number of hydrogen-bond acceptors (Lipinski definition) is 2. The van der Waals surface area contributed by atoms with E-state index in [0.29, 0.717) is 0 Å². The molecule has 16 heavy (non-hydrogen) atoms. The number of aryl methyl sites for hydroxylation is 1. The topological polar surface area (TPSA) is 17.8 Å². The summed E-state index contributed by atoms with van der Waals surface area (Å²) in [4.78, 5) is 5.87. The molecule has 3 heterocycles. The fraction of sp³-hybridized carbons (Fsp3) is 0.417. The Morgan fingerprint density at radius 3 is 3.12 bits per heavy atom. The summed E-state index contributed by atoms with van der Waals surface area (Å²) >= 11 is 7.54. The minimum Gasteiger partial charge on any atom is -0.334 e. The van der Waals surface area contributed by atoms with Gasteiger partial charge in [0.05, 0.1) is 14.9 Å². The zero-order chi connectivity index (χ0) is 11.1. The van der Waals surface area contributed by atoms with Gasteiger partial charge in [-0.05, 0) is 24.5 Å². The number of hydrogen-bond donors (Lipinski definition) is 0. The Morgan fingerprint density at radius 1 is 1.50 bits per heavy atom. The fourth-order valence-electron chi connectivity index (χ4n) is 2.15. The molecular weight excluding hydrogens is 240 g/mol. The molecule has 0 fully saturated rings. The second-order valence-electron chi connectivity index (χ2n) is 4.44. The minimum absolute atomic E-state index is 0.759. The maximum absolute atomic E-state index is 5.94. The lowest BCUT2D eigenvalue weighted by atomic mass is 10.0. The lowest BCUT2D eigenvalue weighted by Crippen LogP contribution is -2.16. The SMILES string of the molecule is C[C@@H]1CCn2cc(-c3ccc(Cl)s3)nc2C1. The molecule has 0 saturated heterocycles. The van der Waals surface area contributed by atoms with Gasteiger partial charge < -0.3 is 4.57 Å². The lowest BCUT2D eigenvalue weighted by molar-refractivity contribution is 0.409. The van der Waals surface area contributed by atoms with Gasteiger partial charge in [-0.25, -0.2) is 4.98 Å². The average Bonchev–Trinajstić information content (AvgIpc) is 2.83. The summed E-state index contributed by atoms with van der Waals surface area (Å²) < 4.78 is 3.11. The van der Waals surface area contributed by atoms with Crippen molar-refractivity contribution in [2.75, 3.05) is 0 Å². The first-order valence-corrected chi connectivity index (χ1v) is 6.73. The molecule has 0 radical (unpaired) electrons. The summed E-state index contributed by atoms with van der Waals surface area (Å²) in [5, 5.41) is 0. The molecule has 2 aromatic heterocycles. The van der Waals surface area contributed by atoms with Crippen LogP contribution in [-0.2, 0) is 13.0 Å². The van der Waals surface area contributed by atoms with E-state index in [1.54, 1.807) is 11.3 Å². The monoisotopic (exact) mass is 252 g/mol. The molecule has 1 atom stereocenters. The van der Waals surface area contributed by atoms with Crippen molar-refractivity contribution in [2.24, 2.45) is 5.92 Å². The van der Waals surface area contributed by atoms with Crippen molar-refractivity contribution >= 4 is 22.9 Å². The second-order valence-corrected chi connectivity index (χ2v) is 6.15. The fourth-order valence-corrected chi connectivity index (χ4v) is 3.15. The Labute approximate surface area is 104 Å². The van der Waals surface area contributed by atoms with Gasteiger partial charge in [0.15, 0.2) is 0 Å². The summed E-state index contributed by atoms with van der Waals surface area (Å²) in [5.74, 6) is 1.98. The van der Waals surface area contributed by atoms with Crippen molar-refractivity contribution in [3.63, 3.8) is 0 Å². The molecule has 0 amide bonds. The number of imidazole rings is 1. The number of fused-ring (bicyclic) bond motifs is 1. The number of aromatic nitrogens is 2. The summed E-state index contributed by atoms with van der Waals surface area (Å²) in [6.45, 7) is 3.39. The molecule has 0 aliphatic carbocycles. The number of rotatable bonds is 1. The number of nitrogens with zero attached hydrogens (tertiary/aromatic N) is 2. The van der Waals surface area contributed by atoms with Crippen LogP contribution < -0.4 is 0 Å². The smallest absolute Gasteiger partial charge is 0.109 e. The highest BCUT2D eigenvalue weighted by molar-refractivity contribution is 7.19. The van der Waals surface area contributed by atoms with Crippen molar-refractivity contribution < 1.29 is 0 Å². The van der Waals surface area contributed by atoms with Gasteiger partial charge in [-0.15, -0.1) is 11.3 Å². The quantitative estimate of drug-likeness (QED) is 0.754. The van der Waals surface area contributed by atoms with Crippen molar-refractivity contribution in [3.8, 4) is 10.6 Å². The highest BCUT2D eigenvalue weighted by Gasteiger charge is 2.18. The molecule has 1 aliphatic heterocycles. The standard InChI is InChI=1S/C12H13ClN2S/c1-8-4-5-15-7-9(14-12(15)6-8)10-2-3-11(13)16-10/h2-3,7-8H,4-6H2,1H3/t8-/m1/s1. The third-order valence-electron chi connectivity index (χ3n) is 3.08. The highest BCUT2D eigenvalue weighted by Crippen LogP contribution is 2.31. The van der Waals surface area contributed by atoms with E-state index in [-0.39, 0.29) is 0 Å². The first-order valence-electron chi connectivity index (χ1n) is 5.54. The minimum atomic E-state index is 0.759. The van der Waals surface area contributed by atoms with Crippen LogP contribution in [0.3, 0.4) is 0 Å². The van der Waals surface area contributed by atoms with Gasteiger partial charge in [-0.3, -0.25) is 0 Å². The zero-order valence-corrected chi connectivity index (χ0v) is 10.7. The predicted molar refractivity (Wildman–Crippen MR) is 68.0 cm³/mol. The molecule has 2 aromatic rings. The first-order chi connectivity index (χ1) is 7.72. The van der Waals surface area contributed by atoms with Gasteiger partial charge >= 0.3 is 0 Å². The van der Waals surface area contributed by atoms with Crippen LogP contribution in [0, 0.1) is 5.92 Å². The van der Waals surface area contributed by atoms with E-state index in [4.69, 9.17) is 16.6 Å². The van der Waals surface area contributed by atoms with Gasteiger partial charge in [0.25, 0.3) is 0 Å². The summed E-state index contributed by atoms with van der Waals surface area (Å²) in [7, 11) is 0. The maximum Gasteiger partial charge on any atom is 0.109 e. The van der Waals surface area contributed by atoms with Crippen LogP contribution in [0.2, 0.25) is 4.34 Å². The van der Waals surface area contributed by atoms with Gasteiger partial charge in [-0.1, -0.05) is 18.5 Å². The zero-order valence-electron chi connectivity index (χ0n) is 9.11. The Morgan fingerprint density at radius 2 is 2.38 bits per heavy atom. The van der Waals surface area contributed by atoms with Crippen LogP contribution in [0.15, 0.2) is 18.3 Å². The summed E-state index contributed by atoms with van der Waals surface area (Å²) in [5.41, 5.74) is 1.07. The van der Waals surface area contributed by atoms with Crippen LogP contribution in [0.4, 0.5) is 0 Å². The maximum atomic E-state index is 5.94. The third-order valence-corrected chi connectivity index (χ3v) is 4.33. The Bertz CT molecular complexity index is 515.